The smallest absolute Gasteiger partial charge is 0.311 e. The summed E-state index contributed by atoms with van der Waals surface area (Å²) in [7, 11) is 1.39. The van der Waals surface area contributed by atoms with E-state index in [0.29, 0.717) is 13.0 Å². The van der Waals surface area contributed by atoms with Gasteiger partial charge in [0.2, 0.25) is 5.91 Å². The normalized spacial score (nSPS) is 27.7. The van der Waals surface area contributed by atoms with Crippen molar-refractivity contribution in [1.82, 2.24) is 10.2 Å². The zero-order chi connectivity index (χ0) is 16.3. The molecule has 2 saturated heterocycles. The van der Waals surface area contributed by atoms with Crippen molar-refractivity contribution in [3.63, 3.8) is 0 Å². The molecule has 2 aliphatic rings. The standard InChI is InChI=1S/C18H24N2O3/c1-23-16(21)15-10-11-19-18(15,14-8-4-2-5-9-14)17(22)20-12-6-3-7-13-20/h2,4-5,8-9,15,19H,3,6-7,10-13H2,1H3/t15-,18+/m0/s1. The summed E-state index contributed by atoms with van der Waals surface area (Å²) in [6, 6.07) is 9.60. The van der Waals surface area contributed by atoms with Crippen LogP contribution in [0.3, 0.4) is 0 Å². The zero-order valence-corrected chi connectivity index (χ0v) is 13.6. The lowest BCUT2D eigenvalue weighted by Crippen LogP contribution is -2.58. The number of nitrogens with one attached hydrogen (secondary N) is 1. The maximum atomic E-state index is 13.4. The van der Waals surface area contributed by atoms with E-state index in [1.54, 1.807) is 0 Å². The highest BCUT2D eigenvalue weighted by atomic mass is 16.5. The molecule has 124 valence electrons. The van der Waals surface area contributed by atoms with Crippen LogP contribution in [0.4, 0.5) is 0 Å². The fourth-order valence-electron chi connectivity index (χ4n) is 3.89. The fraction of sp³-hybridized carbons (Fsp3) is 0.556. The monoisotopic (exact) mass is 316 g/mol. The SMILES string of the molecule is COC(=O)[C@@H]1CCN[C@]1(C(=O)N1CCCCC1)c1ccccc1. The lowest BCUT2D eigenvalue weighted by atomic mass is 9.78. The molecule has 23 heavy (non-hydrogen) atoms. The molecule has 0 spiro atoms. The van der Waals surface area contributed by atoms with Crippen molar-refractivity contribution >= 4 is 11.9 Å². The number of benzene rings is 1. The van der Waals surface area contributed by atoms with Crippen molar-refractivity contribution in [3.8, 4) is 0 Å². The number of carbonyl (C=O) groups is 2. The van der Waals surface area contributed by atoms with Crippen molar-refractivity contribution in [2.45, 2.75) is 31.2 Å². The van der Waals surface area contributed by atoms with Gasteiger partial charge in [-0.05, 0) is 37.8 Å². The number of nitrogens with zero attached hydrogens (tertiary/aromatic N) is 1. The molecular weight excluding hydrogens is 292 g/mol. The van der Waals surface area contributed by atoms with E-state index in [0.717, 1.165) is 37.9 Å². The van der Waals surface area contributed by atoms with E-state index < -0.39 is 11.5 Å². The van der Waals surface area contributed by atoms with Gasteiger partial charge in [-0.2, -0.15) is 0 Å². The van der Waals surface area contributed by atoms with E-state index in [1.807, 2.05) is 35.2 Å². The average molecular weight is 316 g/mol. The third-order valence-electron chi connectivity index (χ3n) is 5.05. The lowest BCUT2D eigenvalue weighted by Gasteiger charge is -2.39. The first-order valence-electron chi connectivity index (χ1n) is 8.38. The van der Waals surface area contributed by atoms with Crippen LogP contribution in [0.25, 0.3) is 0 Å². The van der Waals surface area contributed by atoms with Crippen LogP contribution in [0, 0.1) is 5.92 Å². The Morgan fingerprint density at radius 1 is 1.17 bits per heavy atom. The van der Waals surface area contributed by atoms with Gasteiger partial charge in [0.25, 0.3) is 0 Å². The Kier molecular flexibility index (Phi) is 4.66. The van der Waals surface area contributed by atoms with Crippen LogP contribution in [-0.4, -0.2) is 43.5 Å². The summed E-state index contributed by atoms with van der Waals surface area (Å²) in [6.45, 7) is 2.17. The first kappa shape index (κ1) is 16.0. The third-order valence-corrected chi connectivity index (χ3v) is 5.05. The van der Waals surface area contributed by atoms with Crippen LogP contribution >= 0.6 is 0 Å². The molecule has 1 aromatic rings. The predicted molar refractivity (Wildman–Crippen MR) is 86.7 cm³/mol. The van der Waals surface area contributed by atoms with Gasteiger partial charge < -0.3 is 9.64 Å². The Labute approximate surface area is 137 Å². The second kappa shape index (κ2) is 6.71. The molecule has 2 aliphatic heterocycles. The number of hydrogen-bond donors (Lipinski definition) is 1. The highest BCUT2D eigenvalue weighted by Crippen LogP contribution is 2.39. The van der Waals surface area contributed by atoms with Crippen molar-refractivity contribution < 1.29 is 14.3 Å². The summed E-state index contributed by atoms with van der Waals surface area (Å²) in [6.07, 6.45) is 3.83. The Bertz CT molecular complexity index is 569. The molecule has 3 rings (SSSR count). The highest BCUT2D eigenvalue weighted by molar-refractivity contribution is 5.94. The van der Waals surface area contributed by atoms with Crippen LogP contribution in [0.1, 0.15) is 31.2 Å². The number of likely N-dealkylation sites (tertiary alicyclic amines) is 1. The molecular formula is C18H24N2O3. The summed E-state index contributed by atoms with van der Waals surface area (Å²) in [5.41, 5.74) is -0.144. The Morgan fingerprint density at radius 3 is 2.52 bits per heavy atom. The van der Waals surface area contributed by atoms with Gasteiger partial charge in [-0.25, -0.2) is 0 Å². The van der Waals surface area contributed by atoms with E-state index in [2.05, 4.69) is 5.32 Å². The van der Waals surface area contributed by atoms with Gasteiger partial charge in [0.15, 0.2) is 0 Å². The lowest BCUT2D eigenvalue weighted by molar-refractivity contribution is -0.154. The van der Waals surface area contributed by atoms with Crippen molar-refractivity contribution in [2.75, 3.05) is 26.7 Å². The zero-order valence-electron chi connectivity index (χ0n) is 13.6. The molecule has 0 bridgehead atoms. The van der Waals surface area contributed by atoms with Gasteiger partial charge in [-0.3, -0.25) is 14.9 Å². The summed E-state index contributed by atoms with van der Waals surface area (Å²) >= 11 is 0. The number of esters is 1. The van der Waals surface area contributed by atoms with E-state index in [-0.39, 0.29) is 11.9 Å². The number of hydrogen-bond acceptors (Lipinski definition) is 4. The molecule has 2 heterocycles. The molecule has 1 N–H and O–H groups in total. The minimum Gasteiger partial charge on any atom is -0.469 e. The van der Waals surface area contributed by atoms with E-state index in [4.69, 9.17) is 4.74 Å². The topological polar surface area (TPSA) is 58.6 Å². The van der Waals surface area contributed by atoms with Crippen molar-refractivity contribution in [1.29, 1.82) is 0 Å². The molecule has 0 saturated carbocycles. The van der Waals surface area contributed by atoms with E-state index in [1.165, 1.54) is 7.11 Å². The quantitative estimate of drug-likeness (QED) is 0.862. The average Bonchev–Trinajstić information content (AvgIpc) is 3.08. The molecule has 0 radical (unpaired) electrons. The Hall–Kier alpha value is -1.88. The number of piperidine rings is 1. The van der Waals surface area contributed by atoms with Gasteiger partial charge in [-0.1, -0.05) is 30.3 Å². The number of rotatable bonds is 3. The van der Waals surface area contributed by atoms with Crippen molar-refractivity contribution in [3.05, 3.63) is 35.9 Å². The Balaban J connectivity index is 2.03. The van der Waals surface area contributed by atoms with Crippen LogP contribution in [-0.2, 0) is 19.9 Å². The number of carbonyl (C=O) groups excluding carboxylic acids is 2. The summed E-state index contributed by atoms with van der Waals surface area (Å²) in [5, 5.41) is 3.36. The van der Waals surface area contributed by atoms with Gasteiger partial charge in [-0.15, -0.1) is 0 Å². The summed E-state index contributed by atoms with van der Waals surface area (Å²) in [5.74, 6) is -0.787. The van der Waals surface area contributed by atoms with Crippen LogP contribution in [0.5, 0.6) is 0 Å². The minimum absolute atomic E-state index is 0.0105. The number of methoxy groups -OCH3 is 1. The van der Waals surface area contributed by atoms with Gasteiger partial charge >= 0.3 is 5.97 Å². The molecule has 0 aliphatic carbocycles. The molecule has 2 fully saturated rings. The Morgan fingerprint density at radius 2 is 1.87 bits per heavy atom. The van der Waals surface area contributed by atoms with Gasteiger partial charge in [0.1, 0.15) is 5.54 Å². The van der Waals surface area contributed by atoms with Crippen LogP contribution in [0.15, 0.2) is 30.3 Å². The first-order chi connectivity index (χ1) is 11.2. The molecule has 5 nitrogen and oxygen atoms in total. The van der Waals surface area contributed by atoms with Gasteiger partial charge in [0.05, 0.1) is 13.0 Å². The molecule has 1 aromatic carbocycles. The predicted octanol–water partition coefficient (Wildman–Crippen LogP) is 1.68. The number of amides is 1. The maximum Gasteiger partial charge on any atom is 0.311 e. The molecule has 0 aromatic heterocycles. The summed E-state index contributed by atoms with van der Waals surface area (Å²) < 4.78 is 5.00. The van der Waals surface area contributed by atoms with Crippen LogP contribution in [0.2, 0.25) is 0 Å². The second-order valence-corrected chi connectivity index (χ2v) is 6.32. The molecule has 2 atom stereocenters. The van der Waals surface area contributed by atoms with Gasteiger partial charge in [0, 0.05) is 13.1 Å². The van der Waals surface area contributed by atoms with E-state index >= 15 is 0 Å². The molecule has 1 amide bonds. The molecule has 0 unspecified atom stereocenters. The largest absolute Gasteiger partial charge is 0.469 e. The molecule has 5 heteroatoms. The minimum atomic E-state index is -0.994. The van der Waals surface area contributed by atoms with Crippen molar-refractivity contribution in [2.24, 2.45) is 5.92 Å². The third kappa shape index (κ3) is 2.74. The van der Waals surface area contributed by atoms with E-state index in [9.17, 15) is 9.59 Å². The summed E-state index contributed by atoms with van der Waals surface area (Å²) in [4.78, 5) is 27.7. The first-order valence-corrected chi connectivity index (χ1v) is 8.38. The second-order valence-electron chi connectivity index (χ2n) is 6.32. The maximum absolute atomic E-state index is 13.4. The van der Waals surface area contributed by atoms with Crippen LogP contribution < -0.4 is 5.32 Å². The fourth-order valence-corrected chi connectivity index (χ4v) is 3.89. The highest BCUT2D eigenvalue weighted by Gasteiger charge is 2.55. The number of ether oxygens (including phenoxy) is 1.